The van der Waals surface area contributed by atoms with Gasteiger partial charge in [0.05, 0.1) is 15.2 Å². The van der Waals surface area contributed by atoms with Crippen LogP contribution in [0.2, 0.25) is 5.02 Å². The van der Waals surface area contributed by atoms with Crippen LogP contribution in [0.15, 0.2) is 48.5 Å². The molecule has 3 aromatic rings. The number of nitrogens with zero attached hydrogens (tertiary/aromatic N) is 1. The van der Waals surface area contributed by atoms with E-state index in [1.807, 2.05) is 42.5 Å². The molecular weight excluding hydrogens is 328 g/mol. The van der Waals surface area contributed by atoms with Gasteiger partial charge in [0, 0.05) is 18.0 Å². The van der Waals surface area contributed by atoms with E-state index in [0.29, 0.717) is 18.0 Å². The van der Waals surface area contributed by atoms with Crippen molar-refractivity contribution < 1.29 is 4.79 Å². The average molecular weight is 345 g/mol. The number of fused-ring (bicyclic) bond motifs is 1. The number of hydrogen-bond donors (Lipinski definition) is 1. The number of para-hydroxylation sites is 1. The standard InChI is InChI=1S/C18H17ClN2OS/c19-14-10-8-13(9-11-14)12-20-17(22)6-3-7-18-21-15-4-1-2-5-16(15)23-18/h1-2,4-5,8-11H,3,6-7,12H2,(H,20,22). The normalized spacial score (nSPS) is 10.8. The second-order valence-electron chi connectivity index (χ2n) is 5.33. The Kier molecular flexibility index (Phi) is 5.26. The number of hydrogen-bond acceptors (Lipinski definition) is 3. The van der Waals surface area contributed by atoms with Gasteiger partial charge < -0.3 is 5.32 Å². The van der Waals surface area contributed by atoms with Crippen molar-refractivity contribution in [2.75, 3.05) is 0 Å². The Morgan fingerprint density at radius 1 is 1.13 bits per heavy atom. The summed E-state index contributed by atoms with van der Waals surface area (Å²) in [6.07, 6.45) is 2.17. The van der Waals surface area contributed by atoms with Crippen molar-refractivity contribution in [3.63, 3.8) is 0 Å². The first-order valence-electron chi connectivity index (χ1n) is 7.56. The quantitative estimate of drug-likeness (QED) is 0.710. The number of rotatable bonds is 6. The molecule has 0 radical (unpaired) electrons. The molecule has 0 saturated carbocycles. The van der Waals surface area contributed by atoms with E-state index in [1.54, 1.807) is 11.3 Å². The van der Waals surface area contributed by atoms with E-state index >= 15 is 0 Å². The van der Waals surface area contributed by atoms with Crippen LogP contribution in [0.25, 0.3) is 10.2 Å². The maximum Gasteiger partial charge on any atom is 0.220 e. The van der Waals surface area contributed by atoms with Gasteiger partial charge in [0.15, 0.2) is 0 Å². The molecule has 0 fully saturated rings. The molecule has 1 amide bonds. The topological polar surface area (TPSA) is 42.0 Å². The zero-order valence-electron chi connectivity index (χ0n) is 12.6. The zero-order valence-corrected chi connectivity index (χ0v) is 14.2. The summed E-state index contributed by atoms with van der Waals surface area (Å²) in [6, 6.07) is 15.6. The number of aryl methyl sites for hydroxylation is 1. The lowest BCUT2D eigenvalue weighted by molar-refractivity contribution is -0.121. The minimum absolute atomic E-state index is 0.0704. The van der Waals surface area contributed by atoms with Crippen molar-refractivity contribution in [1.29, 1.82) is 0 Å². The molecule has 1 N–H and O–H groups in total. The summed E-state index contributed by atoms with van der Waals surface area (Å²) in [5.41, 5.74) is 2.09. The van der Waals surface area contributed by atoms with Gasteiger partial charge in [-0.25, -0.2) is 4.98 Å². The van der Waals surface area contributed by atoms with Crippen LogP contribution < -0.4 is 5.32 Å². The van der Waals surface area contributed by atoms with E-state index in [9.17, 15) is 4.79 Å². The van der Waals surface area contributed by atoms with Crippen LogP contribution in [0.5, 0.6) is 0 Å². The fourth-order valence-electron chi connectivity index (χ4n) is 2.32. The summed E-state index contributed by atoms with van der Waals surface area (Å²) >= 11 is 7.54. The second-order valence-corrected chi connectivity index (χ2v) is 6.88. The first-order valence-corrected chi connectivity index (χ1v) is 8.76. The summed E-state index contributed by atoms with van der Waals surface area (Å²) in [5, 5.41) is 4.73. The predicted octanol–water partition coefficient (Wildman–Crippen LogP) is 4.59. The molecule has 0 saturated heterocycles. The maximum atomic E-state index is 11.9. The Morgan fingerprint density at radius 3 is 2.70 bits per heavy atom. The number of halogens is 1. The van der Waals surface area contributed by atoms with Crippen molar-refractivity contribution >= 4 is 39.1 Å². The van der Waals surface area contributed by atoms with Gasteiger partial charge in [-0.05, 0) is 42.7 Å². The Bertz CT molecular complexity index is 765. The number of benzene rings is 2. The Balaban J connectivity index is 1.43. The SMILES string of the molecule is O=C(CCCc1nc2ccccc2s1)NCc1ccc(Cl)cc1. The Labute approximate surface area is 144 Å². The highest BCUT2D eigenvalue weighted by Gasteiger charge is 2.05. The fraction of sp³-hybridized carbons (Fsp3) is 0.222. The van der Waals surface area contributed by atoms with Gasteiger partial charge in [-0.1, -0.05) is 35.9 Å². The van der Waals surface area contributed by atoms with E-state index < -0.39 is 0 Å². The molecule has 2 aromatic carbocycles. The van der Waals surface area contributed by atoms with Gasteiger partial charge in [-0.15, -0.1) is 11.3 Å². The minimum Gasteiger partial charge on any atom is -0.352 e. The van der Waals surface area contributed by atoms with Crippen molar-refractivity contribution in [1.82, 2.24) is 10.3 Å². The van der Waals surface area contributed by atoms with E-state index in [2.05, 4.69) is 16.4 Å². The molecule has 5 heteroatoms. The van der Waals surface area contributed by atoms with Crippen LogP contribution in [-0.4, -0.2) is 10.9 Å². The number of amides is 1. The van der Waals surface area contributed by atoms with E-state index in [4.69, 9.17) is 11.6 Å². The Hall–Kier alpha value is -1.91. The third-order valence-electron chi connectivity index (χ3n) is 3.54. The van der Waals surface area contributed by atoms with E-state index in [0.717, 1.165) is 28.9 Å². The largest absolute Gasteiger partial charge is 0.352 e. The molecule has 3 rings (SSSR count). The fourth-order valence-corrected chi connectivity index (χ4v) is 3.45. The molecule has 0 aliphatic heterocycles. The summed E-state index contributed by atoms with van der Waals surface area (Å²) < 4.78 is 1.20. The second kappa shape index (κ2) is 7.57. The third-order valence-corrected chi connectivity index (χ3v) is 4.88. The summed E-state index contributed by atoms with van der Waals surface area (Å²) in [6.45, 7) is 0.539. The molecule has 0 aliphatic rings. The highest BCUT2D eigenvalue weighted by molar-refractivity contribution is 7.18. The Morgan fingerprint density at radius 2 is 1.91 bits per heavy atom. The summed E-state index contributed by atoms with van der Waals surface area (Å²) in [5.74, 6) is 0.0704. The molecular formula is C18H17ClN2OS. The van der Waals surface area contributed by atoms with Crippen LogP contribution in [0, 0.1) is 0 Å². The van der Waals surface area contributed by atoms with Crippen LogP contribution in [0.3, 0.4) is 0 Å². The van der Waals surface area contributed by atoms with Crippen LogP contribution in [-0.2, 0) is 17.8 Å². The van der Waals surface area contributed by atoms with Crippen LogP contribution in [0.1, 0.15) is 23.4 Å². The lowest BCUT2D eigenvalue weighted by Crippen LogP contribution is -2.22. The van der Waals surface area contributed by atoms with Gasteiger partial charge in [-0.2, -0.15) is 0 Å². The van der Waals surface area contributed by atoms with E-state index in [1.165, 1.54) is 4.70 Å². The van der Waals surface area contributed by atoms with Crippen LogP contribution >= 0.6 is 22.9 Å². The highest BCUT2D eigenvalue weighted by atomic mass is 35.5. The maximum absolute atomic E-state index is 11.9. The number of carbonyl (C=O) groups excluding carboxylic acids is 1. The molecule has 118 valence electrons. The molecule has 1 aromatic heterocycles. The predicted molar refractivity (Wildman–Crippen MR) is 95.9 cm³/mol. The van der Waals surface area contributed by atoms with Crippen molar-refractivity contribution in [2.45, 2.75) is 25.8 Å². The molecule has 0 unspecified atom stereocenters. The smallest absolute Gasteiger partial charge is 0.220 e. The first kappa shape index (κ1) is 16.0. The van der Waals surface area contributed by atoms with Crippen molar-refractivity contribution in [2.24, 2.45) is 0 Å². The van der Waals surface area contributed by atoms with Gasteiger partial charge >= 0.3 is 0 Å². The molecule has 0 atom stereocenters. The van der Waals surface area contributed by atoms with Gasteiger partial charge in [0.25, 0.3) is 0 Å². The van der Waals surface area contributed by atoms with Gasteiger partial charge in [-0.3, -0.25) is 4.79 Å². The zero-order chi connectivity index (χ0) is 16.1. The lowest BCUT2D eigenvalue weighted by Gasteiger charge is -2.05. The van der Waals surface area contributed by atoms with Crippen molar-refractivity contribution in [3.8, 4) is 0 Å². The van der Waals surface area contributed by atoms with Crippen LogP contribution in [0.4, 0.5) is 0 Å². The molecule has 3 nitrogen and oxygen atoms in total. The number of nitrogens with one attached hydrogen (secondary N) is 1. The van der Waals surface area contributed by atoms with Gasteiger partial charge in [0.1, 0.15) is 0 Å². The minimum atomic E-state index is 0.0704. The number of carbonyl (C=O) groups is 1. The lowest BCUT2D eigenvalue weighted by atomic mass is 10.2. The number of thiazole rings is 1. The first-order chi connectivity index (χ1) is 11.2. The summed E-state index contributed by atoms with van der Waals surface area (Å²) in [4.78, 5) is 16.5. The highest BCUT2D eigenvalue weighted by Crippen LogP contribution is 2.22. The molecule has 0 spiro atoms. The third kappa shape index (κ3) is 4.53. The molecule has 1 heterocycles. The monoisotopic (exact) mass is 344 g/mol. The number of aromatic nitrogens is 1. The van der Waals surface area contributed by atoms with Gasteiger partial charge in [0.2, 0.25) is 5.91 Å². The molecule has 0 bridgehead atoms. The molecule has 23 heavy (non-hydrogen) atoms. The van der Waals surface area contributed by atoms with E-state index in [-0.39, 0.29) is 5.91 Å². The average Bonchev–Trinajstić information content (AvgIpc) is 2.97. The van der Waals surface area contributed by atoms with Crippen molar-refractivity contribution in [3.05, 3.63) is 64.1 Å². The summed E-state index contributed by atoms with van der Waals surface area (Å²) in [7, 11) is 0. The molecule has 0 aliphatic carbocycles.